The number of carbonyl (C=O) groups excluding carboxylic acids is 3. The van der Waals surface area contributed by atoms with E-state index >= 15 is 4.39 Å². The summed E-state index contributed by atoms with van der Waals surface area (Å²) in [6, 6.07) is 12.1. The van der Waals surface area contributed by atoms with Crippen LogP contribution < -0.4 is 10.6 Å². The van der Waals surface area contributed by atoms with Crippen LogP contribution in [0.3, 0.4) is 0 Å². The van der Waals surface area contributed by atoms with E-state index in [1.54, 1.807) is 22.1 Å². The van der Waals surface area contributed by atoms with Crippen molar-refractivity contribution < 1.29 is 42.5 Å². The largest absolute Gasteiger partial charge is 0.444 e. The molecule has 3 aliphatic heterocycles. The molecule has 0 bridgehead atoms. The monoisotopic (exact) mass is 750 g/mol. The Morgan fingerprint density at radius 2 is 1.93 bits per heavy atom. The quantitative estimate of drug-likeness (QED) is 0.188. The third-order valence-electron chi connectivity index (χ3n) is 10.0. The third-order valence-corrected chi connectivity index (χ3v) is 10.0. The zero-order valence-electron chi connectivity index (χ0n) is 30.4. The minimum absolute atomic E-state index is 0.00828. The highest BCUT2D eigenvalue weighted by Crippen LogP contribution is 2.38. The van der Waals surface area contributed by atoms with Crippen molar-refractivity contribution in [2.45, 2.75) is 44.6 Å². The first kappa shape index (κ1) is 39.0. The topological polar surface area (TPSA) is 147 Å². The second kappa shape index (κ2) is 18.6. The molecule has 4 atom stereocenters. The van der Waals surface area contributed by atoms with E-state index in [0.29, 0.717) is 71.2 Å². The van der Waals surface area contributed by atoms with Gasteiger partial charge in [-0.1, -0.05) is 36.4 Å². The Bertz CT molecular complexity index is 1770. The van der Waals surface area contributed by atoms with Crippen molar-refractivity contribution in [1.29, 1.82) is 0 Å². The maximum absolute atomic E-state index is 15.2. The van der Waals surface area contributed by atoms with E-state index in [4.69, 9.17) is 19.2 Å². The zero-order chi connectivity index (χ0) is 38.0. The number of carbonyl (C=O) groups is 3. The lowest BCUT2D eigenvalue weighted by atomic mass is 9.88. The second-order valence-corrected chi connectivity index (χ2v) is 13.9. The average molecular weight is 751 g/mol. The van der Waals surface area contributed by atoms with Crippen molar-refractivity contribution in [2.24, 2.45) is 11.8 Å². The van der Waals surface area contributed by atoms with Crippen LogP contribution in [0.4, 0.5) is 13.6 Å². The third kappa shape index (κ3) is 9.88. The Balaban J connectivity index is 1.23. The molecule has 2 fully saturated rings. The fraction of sp³-hybridized carbons (Fsp3) is 0.487. The smallest absolute Gasteiger partial charge is 0.407 e. The summed E-state index contributed by atoms with van der Waals surface area (Å²) in [7, 11) is 0. The van der Waals surface area contributed by atoms with Crippen LogP contribution in [0.5, 0.6) is 0 Å². The molecule has 0 saturated carbocycles. The van der Waals surface area contributed by atoms with Gasteiger partial charge in [0.2, 0.25) is 5.91 Å². The maximum Gasteiger partial charge on any atom is 0.407 e. The van der Waals surface area contributed by atoms with Gasteiger partial charge in [0.05, 0.1) is 24.9 Å². The molecular formula is C39H48F2N6O7. The molecule has 13 nitrogen and oxygen atoms in total. The van der Waals surface area contributed by atoms with Gasteiger partial charge in [0.1, 0.15) is 29.7 Å². The Hall–Kier alpha value is -4.70. The molecule has 0 aliphatic carbocycles. The number of ether oxygens (including phenoxy) is 3. The predicted octanol–water partition coefficient (Wildman–Crippen LogP) is 3.28. The SMILES string of the molecule is CC(O)C(=O)N(CC1CNCC1OC(=O)NCCOCCN1CC=CC1=O)C(c1nc(-c2cc(F)ccc2F)cn1Cc1ccccc1)C1CCOCC1. The van der Waals surface area contributed by atoms with Gasteiger partial charge in [0.15, 0.2) is 0 Å². The summed E-state index contributed by atoms with van der Waals surface area (Å²) in [5.74, 6) is -1.86. The Morgan fingerprint density at radius 1 is 1.13 bits per heavy atom. The Morgan fingerprint density at radius 3 is 2.67 bits per heavy atom. The van der Waals surface area contributed by atoms with Crippen molar-refractivity contribution in [2.75, 3.05) is 65.7 Å². The summed E-state index contributed by atoms with van der Waals surface area (Å²) in [6.07, 6.45) is 3.60. The summed E-state index contributed by atoms with van der Waals surface area (Å²) >= 11 is 0. The van der Waals surface area contributed by atoms with Crippen LogP contribution in [0.25, 0.3) is 11.3 Å². The van der Waals surface area contributed by atoms with Crippen LogP contribution in [0.2, 0.25) is 0 Å². The fourth-order valence-electron chi connectivity index (χ4n) is 7.25. The molecule has 3 aliphatic rings. The molecule has 4 unspecified atom stereocenters. The van der Waals surface area contributed by atoms with Crippen molar-refractivity contribution >= 4 is 17.9 Å². The first-order valence-corrected chi connectivity index (χ1v) is 18.5. The molecule has 15 heteroatoms. The first-order valence-electron chi connectivity index (χ1n) is 18.5. The summed E-state index contributed by atoms with van der Waals surface area (Å²) in [4.78, 5) is 46.9. The van der Waals surface area contributed by atoms with Crippen molar-refractivity contribution in [3.8, 4) is 11.3 Å². The summed E-state index contributed by atoms with van der Waals surface area (Å²) in [5.41, 5.74) is 1.14. The molecule has 2 aromatic carbocycles. The van der Waals surface area contributed by atoms with E-state index in [-0.39, 0.29) is 48.7 Å². The number of aromatic nitrogens is 2. The molecule has 1 aromatic heterocycles. The van der Waals surface area contributed by atoms with Crippen LogP contribution in [0.1, 0.15) is 37.2 Å². The molecule has 2 saturated heterocycles. The highest BCUT2D eigenvalue weighted by molar-refractivity contribution is 5.89. The molecule has 290 valence electrons. The number of hydrogen-bond donors (Lipinski definition) is 3. The van der Waals surface area contributed by atoms with Crippen LogP contribution in [-0.4, -0.2) is 120 Å². The van der Waals surface area contributed by atoms with E-state index < -0.39 is 41.9 Å². The van der Waals surface area contributed by atoms with Crippen LogP contribution >= 0.6 is 0 Å². The fourth-order valence-corrected chi connectivity index (χ4v) is 7.25. The van der Waals surface area contributed by atoms with Crippen LogP contribution in [0, 0.1) is 23.5 Å². The number of benzene rings is 2. The lowest BCUT2D eigenvalue weighted by Crippen LogP contribution is -2.49. The van der Waals surface area contributed by atoms with E-state index in [2.05, 4.69) is 10.6 Å². The van der Waals surface area contributed by atoms with Gasteiger partial charge in [-0.15, -0.1) is 0 Å². The minimum atomic E-state index is -1.36. The number of rotatable bonds is 16. The standard InChI is InChI=1S/C39H48F2N6O7/c1-26(48)38(50)47(24-29-21-42-22-34(29)54-39(51)43-13-18-53-19-15-45-14-5-8-35(45)49)36(28-11-16-52-17-12-28)37-44-33(31-20-30(40)9-10-32(31)41)25-46(37)23-27-6-3-2-4-7-27/h2-10,20,25-26,28-29,34,36,42,48H,11-19,21-24H2,1H3,(H,43,51). The number of aliphatic hydroxyl groups excluding tert-OH is 1. The van der Waals surface area contributed by atoms with Gasteiger partial charge in [-0.25, -0.2) is 18.6 Å². The number of amides is 3. The number of aliphatic hydroxyl groups is 1. The van der Waals surface area contributed by atoms with Crippen LogP contribution in [0.15, 0.2) is 66.9 Å². The zero-order valence-corrected chi connectivity index (χ0v) is 30.4. The van der Waals surface area contributed by atoms with E-state index in [1.165, 1.54) is 13.0 Å². The lowest BCUT2D eigenvalue weighted by molar-refractivity contribution is -0.145. The molecule has 4 heterocycles. The number of nitrogens with one attached hydrogen (secondary N) is 2. The summed E-state index contributed by atoms with van der Waals surface area (Å²) < 4.78 is 48.6. The molecule has 3 amide bonds. The van der Waals surface area contributed by atoms with E-state index in [9.17, 15) is 23.9 Å². The minimum Gasteiger partial charge on any atom is -0.444 e. The van der Waals surface area contributed by atoms with Crippen LogP contribution in [-0.2, 0) is 30.3 Å². The van der Waals surface area contributed by atoms with Gasteiger partial charge in [-0.2, -0.15) is 0 Å². The maximum atomic E-state index is 15.2. The highest BCUT2D eigenvalue weighted by atomic mass is 19.1. The van der Waals surface area contributed by atoms with Gasteiger partial charge in [0, 0.05) is 82.8 Å². The Labute approximate surface area is 313 Å². The second-order valence-electron chi connectivity index (χ2n) is 13.9. The predicted molar refractivity (Wildman–Crippen MR) is 194 cm³/mol. The summed E-state index contributed by atoms with van der Waals surface area (Å²) in [6.45, 7) is 5.36. The van der Waals surface area contributed by atoms with Crippen molar-refractivity contribution in [3.63, 3.8) is 0 Å². The average Bonchev–Trinajstić information content (AvgIpc) is 3.91. The molecule has 0 spiro atoms. The molecule has 3 aromatic rings. The van der Waals surface area contributed by atoms with Gasteiger partial charge in [-0.05, 0) is 49.4 Å². The normalized spacial score (nSPS) is 19.9. The lowest BCUT2D eigenvalue weighted by Gasteiger charge is -2.40. The molecule has 54 heavy (non-hydrogen) atoms. The van der Waals surface area contributed by atoms with E-state index in [0.717, 1.165) is 23.8 Å². The highest BCUT2D eigenvalue weighted by Gasteiger charge is 2.41. The first-order chi connectivity index (χ1) is 26.2. The van der Waals surface area contributed by atoms with Gasteiger partial charge < -0.3 is 44.3 Å². The van der Waals surface area contributed by atoms with Crippen molar-refractivity contribution in [1.82, 2.24) is 30.0 Å². The van der Waals surface area contributed by atoms with Crippen molar-refractivity contribution in [3.05, 3.63) is 89.9 Å². The van der Waals surface area contributed by atoms with Gasteiger partial charge in [0.25, 0.3) is 5.91 Å². The number of imidazole rings is 1. The molecule has 3 N–H and O–H groups in total. The van der Waals surface area contributed by atoms with E-state index in [1.807, 2.05) is 34.9 Å². The van der Waals surface area contributed by atoms with Gasteiger partial charge in [-0.3, -0.25) is 9.59 Å². The summed E-state index contributed by atoms with van der Waals surface area (Å²) in [5, 5.41) is 16.8. The molecule has 6 rings (SSSR count). The molecule has 0 radical (unpaired) electrons. The Kier molecular flexibility index (Phi) is 13.4. The number of halogens is 2. The van der Waals surface area contributed by atoms with Gasteiger partial charge >= 0.3 is 6.09 Å². The molecular weight excluding hydrogens is 702 g/mol. The number of nitrogens with zero attached hydrogens (tertiary/aromatic N) is 4. The number of hydrogen-bond acceptors (Lipinski definition) is 9. The number of alkyl carbamates (subject to hydrolysis) is 1.